The maximum atomic E-state index is 13.1. The number of Topliss-reactive ketones (excluding diaryl/α,β-unsaturated/α-hetero) is 1. The standard InChI is InChI=1S/C18H17FO4/c1-11(20)10-13-6-9-15(22-2)18(23-3)16(13)17(21)12-4-7-14(19)8-5-12/h4-9H,10H2,1-3H3. The van der Waals surface area contributed by atoms with E-state index in [0.29, 0.717) is 16.9 Å². The minimum atomic E-state index is -0.428. The van der Waals surface area contributed by atoms with Gasteiger partial charge in [-0.05, 0) is 42.8 Å². The summed E-state index contributed by atoms with van der Waals surface area (Å²) in [6, 6.07) is 8.54. The van der Waals surface area contributed by atoms with Gasteiger partial charge in [0.1, 0.15) is 11.6 Å². The summed E-state index contributed by atoms with van der Waals surface area (Å²) in [6.07, 6.45) is 0.0998. The Kier molecular flexibility index (Phi) is 5.11. The summed E-state index contributed by atoms with van der Waals surface area (Å²) in [6.45, 7) is 1.45. The first-order valence-electron chi connectivity index (χ1n) is 7.01. The van der Waals surface area contributed by atoms with Gasteiger partial charge < -0.3 is 9.47 Å². The van der Waals surface area contributed by atoms with Crippen molar-refractivity contribution < 1.29 is 23.5 Å². The monoisotopic (exact) mass is 316 g/mol. The van der Waals surface area contributed by atoms with Crippen LogP contribution in [0.25, 0.3) is 0 Å². The van der Waals surface area contributed by atoms with Crippen molar-refractivity contribution in [2.75, 3.05) is 14.2 Å². The molecule has 0 saturated carbocycles. The van der Waals surface area contributed by atoms with Crippen LogP contribution in [0.1, 0.15) is 28.4 Å². The molecule has 5 heteroatoms. The largest absolute Gasteiger partial charge is 0.493 e. The molecule has 0 amide bonds. The Bertz CT molecular complexity index is 735. The Morgan fingerprint density at radius 2 is 1.65 bits per heavy atom. The zero-order valence-corrected chi connectivity index (χ0v) is 13.2. The number of halogens is 1. The number of methoxy groups -OCH3 is 2. The van der Waals surface area contributed by atoms with Gasteiger partial charge in [0.25, 0.3) is 0 Å². The Labute approximate surface area is 133 Å². The van der Waals surface area contributed by atoms with Gasteiger partial charge in [-0.2, -0.15) is 0 Å². The van der Waals surface area contributed by atoms with Crippen LogP contribution in [0.15, 0.2) is 36.4 Å². The first-order valence-corrected chi connectivity index (χ1v) is 7.01. The van der Waals surface area contributed by atoms with Gasteiger partial charge in [0.2, 0.25) is 0 Å². The lowest BCUT2D eigenvalue weighted by molar-refractivity contribution is -0.116. The molecule has 0 aliphatic heterocycles. The molecular weight excluding hydrogens is 299 g/mol. The van der Waals surface area contributed by atoms with E-state index < -0.39 is 5.82 Å². The average Bonchev–Trinajstić information content (AvgIpc) is 2.53. The Balaban J connectivity index is 2.62. The van der Waals surface area contributed by atoms with Crippen molar-refractivity contribution in [2.45, 2.75) is 13.3 Å². The summed E-state index contributed by atoms with van der Waals surface area (Å²) in [5.74, 6) is -0.198. The summed E-state index contributed by atoms with van der Waals surface area (Å²) in [5, 5.41) is 0. The van der Waals surface area contributed by atoms with E-state index >= 15 is 0 Å². The fourth-order valence-electron chi connectivity index (χ4n) is 2.38. The van der Waals surface area contributed by atoms with E-state index in [4.69, 9.17) is 9.47 Å². The van der Waals surface area contributed by atoms with Gasteiger partial charge in [-0.3, -0.25) is 9.59 Å². The molecule has 0 aliphatic rings. The van der Waals surface area contributed by atoms with Crippen molar-refractivity contribution in [1.29, 1.82) is 0 Å². The van der Waals surface area contributed by atoms with Crippen LogP contribution in [0.3, 0.4) is 0 Å². The highest BCUT2D eigenvalue weighted by molar-refractivity contribution is 6.12. The molecule has 0 bridgehead atoms. The van der Waals surface area contributed by atoms with Crippen molar-refractivity contribution in [3.8, 4) is 11.5 Å². The third kappa shape index (κ3) is 3.56. The highest BCUT2D eigenvalue weighted by atomic mass is 19.1. The van der Waals surface area contributed by atoms with Gasteiger partial charge in [0, 0.05) is 12.0 Å². The fraction of sp³-hybridized carbons (Fsp3) is 0.222. The molecule has 0 N–H and O–H groups in total. The van der Waals surface area contributed by atoms with Crippen LogP contribution in [-0.4, -0.2) is 25.8 Å². The predicted octanol–water partition coefficient (Wildman–Crippen LogP) is 3.21. The van der Waals surface area contributed by atoms with Gasteiger partial charge >= 0.3 is 0 Å². The van der Waals surface area contributed by atoms with E-state index in [-0.39, 0.29) is 29.3 Å². The van der Waals surface area contributed by atoms with E-state index in [1.54, 1.807) is 12.1 Å². The Hall–Kier alpha value is -2.69. The Morgan fingerprint density at radius 3 is 2.17 bits per heavy atom. The van der Waals surface area contributed by atoms with Gasteiger partial charge in [0.15, 0.2) is 17.3 Å². The maximum absolute atomic E-state index is 13.1. The lowest BCUT2D eigenvalue weighted by Gasteiger charge is -2.16. The number of benzene rings is 2. The van der Waals surface area contributed by atoms with Gasteiger partial charge in [-0.1, -0.05) is 6.07 Å². The van der Waals surface area contributed by atoms with Crippen molar-refractivity contribution in [2.24, 2.45) is 0 Å². The smallest absolute Gasteiger partial charge is 0.197 e. The highest BCUT2D eigenvalue weighted by Crippen LogP contribution is 2.35. The summed E-state index contributed by atoms with van der Waals surface area (Å²) in [7, 11) is 2.89. The van der Waals surface area contributed by atoms with Crippen LogP contribution in [0.5, 0.6) is 11.5 Å². The van der Waals surface area contributed by atoms with E-state index in [1.165, 1.54) is 45.4 Å². The predicted molar refractivity (Wildman–Crippen MR) is 83.8 cm³/mol. The Morgan fingerprint density at radius 1 is 1.00 bits per heavy atom. The molecule has 2 aromatic carbocycles. The number of rotatable bonds is 6. The number of hydrogen-bond donors (Lipinski definition) is 0. The average molecular weight is 316 g/mol. The summed E-state index contributed by atoms with van der Waals surface area (Å²) >= 11 is 0. The number of ketones is 2. The fourth-order valence-corrected chi connectivity index (χ4v) is 2.38. The third-order valence-electron chi connectivity index (χ3n) is 3.40. The first-order chi connectivity index (χ1) is 11.0. The zero-order chi connectivity index (χ0) is 17.0. The molecule has 4 nitrogen and oxygen atoms in total. The summed E-state index contributed by atoms with van der Waals surface area (Å²) < 4.78 is 23.6. The summed E-state index contributed by atoms with van der Waals surface area (Å²) in [5.41, 5.74) is 1.11. The first kappa shape index (κ1) is 16.7. The van der Waals surface area contributed by atoms with E-state index in [9.17, 15) is 14.0 Å². The van der Waals surface area contributed by atoms with Crippen LogP contribution in [0.2, 0.25) is 0 Å². The van der Waals surface area contributed by atoms with Crippen molar-refractivity contribution in [3.63, 3.8) is 0 Å². The molecule has 0 saturated heterocycles. The molecule has 0 atom stereocenters. The lowest BCUT2D eigenvalue weighted by atomic mass is 9.94. The van der Waals surface area contributed by atoms with Crippen LogP contribution in [-0.2, 0) is 11.2 Å². The molecule has 0 radical (unpaired) electrons. The molecule has 0 unspecified atom stereocenters. The molecule has 0 spiro atoms. The number of carbonyl (C=O) groups is 2. The number of ether oxygens (including phenoxy) is 2. The quantitative estimate of drug-likeness (QED) is 0.768. The second-order valence-corrected chi connectivity index (χ2v) is 5.05. The van der Waals surface area contributed by atoms with Crippen LogP contribution < -0.4 is 9.47 Å². The summed E-state index contributed by atoms with van der Waals surface area (Å²) in [4.78, 5) is 24.3. The number of carbonyl (C=O) groups excluding carboxylic acids is 2. The molecule has 2 rings (SSSR count). The van der Waals surface area contributed by atoms with Crippen molar-refractivity contribution in [3.05, 3.63) is 58.9 Å². The van der Waals surface area contributed by atoms with Crippen LogP contribution >= 0.6 is 0 Å². The molecule has 120 valence electrons. The van der Waals surface area contributed by atoms with Crippen molar-refractivity contribution >= 4 is 11.6 Å². The lowest BCUT2D eigenvalue weighted by Crippen LogP contribution is -2.11. The molecule has 0 aromatic heterocycles. The normalized spacial score (nSPS) is 10.3. The second kappa shape index (κ2) is 7.05. The zero-order valence-electron chi connectivity index (χ0n) is 13.2. The van der Waals surface area contributed by atoms with Crippen molar-refractivity contribution in [1.82, 2.24) is 0 Å². The topological polar surface area (TPSA) is 52.6 Å². The molecule has 0 heterocycles. The third-order valence-corrected chi connectivity index (χ3v) is 3.40. The van der Waals surface area contributed by atoms with Gasteiger partial charge in [-0.15, -0.1) is 0 Å². The van der Waals surface area contributed by atoms with E-state index in [0.717, 1.165) is 0 Å². The molecule has 23 heavy (non-hydrogen) atoms. The maximum Gasteiger partial charge on any atom is 0.197 e. The van der Waals surface area contributed by atoms with E-state index in [1.807, 2.05) is 0 Å². The van der Waals surface area contributed by atoms with Crippen LogP contribution in [0, 0.1) is 5.82 Å². The second-order valence-electron chi connectivity index (χ2n) is 5.05. The molecule has 0 aliphatic carbocycles. The minimum Gasteiger partial charge on any atom is -0.493 e. The SMILES string of the molecule is COc1ccc(CC(C)=O)c(C(=O)c2ccc(F)cc2)c1OC. The molecule has 2 aromatic rings. The molecule has 0 fully saturated rings. The highest BCUT2D eigenvalue weighted by Gasteiger charge is 2.23. The van der Waals surface area contributed by atoms with Crippen LogP contribution in [0.4, 0.5) is 4.39 Å². The van der Waals surface area contributed by atoms with Gasteiger partial charge in [0.05, 0.1) is 19.8 Å². The number of hydrogen-bond acceptors (Lipinski definition) is 4. The van der Waals surface area contributed by atoms with Gasteiger partial charge in [-0.25, -0.2) is 4.39 Å². The molecular formula is C18H17FO4. The minimum absolute atomic E-state index is 0.0784. The van der Waals surface area contributed by atoms with E-state index in [2.05, 4.69) is 0 Å².